The Morgan fingerprint density at radius 2 is 1.10 bits per heavy atom. The normalized spacial score (nSPS) is 10.8. The molecule has 0 bridgehead atoms. The highest BCUT2D eigenvalue weighted by atomic mass is 35.5. The van der Waals surface area contributed by atoms with Gasteiger partial charge in [-0.2, -0.15) is 0 Å². The van der Waals surface area contributed by atoms with E-state index in [-0.39, 0.29) is 30.3 Å². The van der Waals surface area contributed by atoms with Gasteiger partial charge in [-0.15, -0.1) is 0 Å². The van der Waals surface area contributed by atoms with Crippen molar-refractivity contribution in [3.05, 3.63) is 99.5 Å². The van der Waals surface area contributed by atoms with E-state index in [1.54, 1.807) is 48.5 Å². The third-order valence-corrected chi connectivity index (χ3v) is 5.58. The quantitative estimate of drug-likeness (QED) is 0.366. The average molecular weight is 440 g/mol. The van der Waals surface area contributed by atoms with Crippen molar-refractivity contribution in [1.29, 1.82) is 0 Å². The maximum absolute atomic E-state index is 12.9. The number of benzene rings is 3. The molecule has 3 rings (SSSR count). The van der Waals surface area contributed by atoms with Gasteiger partial charge in [0.1, 0.15) is 0 Å². The number of halogens is 2. The van der Waals surface area contributed by atoms with E-state index in [0.29, 0.717) is 21.2 Å². The lowest BCUT2D eigenvalue weighted by molar-refractivity contribution is 0.0944. The summed E-state index contributed by atoms with van der Waals surface area (Å²) < 4.78 is 0. The monoisotopic (exact) mass is 439 g/mol. The molecule has 0 aliphatic heterocycles. The minimum Gasteiger partial charge on any atom is -0.378 e. The van der Waals surface area contributed by atoms with Gasteiger partial charge >= 0.3 is 0 Å². The third-order valence-electron chi connectivity index (χ3n) is 5.08. The summed E-state index contributed by atoms with van der Waals surface area (Å²) in [6, 6.07) is 21.7. The molecule has 154 valence electrons. The summed E-state index contributed by atoms with van der Waals surface area (Å²) in [5.74, 6) is -0.262. The van der Waals surface area contributed by atoms with E-state index in [1.807, 2.05) is 43.3 Å². The highest BCUT2D eigenvalue weighted by Gasteiger charge is 2.21. The molecule has 3 aromatic rings. The largest absolute Gasteiger partial charge is 0.378 e. The van der Waals surface area contributed by atoms with Gasteiger partial charge in [0.05, 0.1) is 0 Å². The molecule has 0 amide bonds. The van der Waals surface area contributed by atoms with Crippen LogP contribution in [0.2, 0.25) is 10.0 Å². The lowest BCUT2D eigenvalue weighted by Crippen LogP contribution is -2.13. The van der Waals surface area contributed by atoms with Crippen molar-refractivity contribution in [1.82, 2.24) is 0 Å². The van der Waals surface area contributed by atoms with E-state index in [2.05, 4.69) is 0 Å². The molecule has 0 heterocycles. The Labute approximate surface area is 187 Å². The van der Waals surface area contributed by atoms with Crippen molar-refractivity contribution < 1.29 is 9.59 Å². The molecule has 0 atom stereocenters. The van der Waals surface area contributed by atoms with Gasteiger partial charge in [0.25, 0.3) is 0 Å². The number of ketones is 2. The summed E-state index contributed by atoms with van der Waals surface area (Å²) >= 11 is 11.9. The number of Topliss-reactive ketones (excluding diaryl/α,β-unsaturated/α-hetero) is 2. The first kappa shape index (κ1) is 22.1. The van der Waals surface area contributed by atoms with Gasteiger partial charge in [-0.25, -0.2) is 0 Å². The van der Waals surface area contributed by atoms with Gasteiger partial charge in [-0.05, 0) is 72.1 Å². The van der Waals surface area contributed by atoms with E-state index in [0.717, 1.165) is 11.3 Å². The third kappa shape index (κ3) is 5.71. The first-order valence-electron chi connectivity index (χ1n) is 9.68. The van der Waals surface area contributed by atoms with Crippen molar-refractivity contribution >= 4 is 40.5 Å². The molecular weight excluding hydrogens is 417 g/mol. The number of rotatable bonds is 8. The summed E-state index contributed by atoms with van der Waals surface area (Å²) in [6.07, 6.45) is 0.477. The van der Waals surface area contributed by atoms with Crippen LogP contribution in [0, 0.1) is 0 Å². The van der Waals surface area contributed by atoms with E-state index in [4.69, 9.17) is 23.2 Å². The van der Waals surface area contributed by atoms with E-state index < -0.39 is 0 Å². The zero-order valence-electron chi connectivity index (χ0n) is 16.9. The smallest absolute Gasteiger partial charge is 0.163 e. The Morgan fingerprint density at radius 3 is 1.47 bits per heavy atom. The topological polar surface area (TPSA) is 37.4 Å². The molecule has 0 aliphatic rings. The van der Waals surface area contributed by atoms with Gasteiger partial charge in [0.15, 0.2) is 11.6 Å². The number of carbonyl (C=O) groups is 2. The highest BCUT2D eigenvalue weighted by Crippen LogP contribution is 2.29. The Bertz CT molecular complexity index is 951. The fourth-order valence-corrected chi connectivity index (χ4v) is 3.56. The zero-order valence-corrected chi connectivity index (χ0v) is 18.5. The predicted molar refractivity (Wildman–Crippen MR) is 124 cm³/mol. The molecule has 0 radical (unpaired) electrons. The summed E-state index contributed by atoms with van der Waals surface area (Å²) in [5.41, 5.74) is 3.21. The van der Waals surface area contributed by atoms with Crippen molar-refractivity contribution in [3.8, 4) is 0 Å². The van der Waals surface area contributed by atoms with Gasteiger partial charge in [0.2, 0.25) is 0 Å². The summed E-state index contributed by atoms with van der Waals surface area (Å²) in [4.78, 5) is 27.8. The Balaban J connectivity index is 1.85. The molecule has 0 spiro atoms. The minimum absolute atomic E-state index is 0.0164. The van der Waals surface area contributed by atoms with Crippen molar-refractivity contribution in [2.24, 2.45) is 0 Å². The van der Waals surface area contributed by atoms with Crippen LogP contribution >= 0.6 is 23.2 Å². The first-order valence-corrected chi connectivity index (χ1v) is 10.4. The van der Waals surface area contributed by atoms with E-state index in [1.165, 1.54) is 0 Å². The van der Waals surface area contributed by atoms with Crippen molar-refractivity contribution in [2.75, 3.05) is 19.0 Å². The van der Waals surface area contributed by atoms with Crippen LogP contribution in [-0.4, -0.2) is 25.7 Å². The fourth-order valence-electron chi connectivity index (χ4n) is 3.31. The Morgan fingerprint density at radius 1 is 0.700 bits per heavy atom. The van der Waals surface area contributed by atoms with Crippen molar-refractivity contribution in [3.63, 3.8) is 0 Å². The first-order chi connectivity index (χ1) is 14.3. The minimum atomic E-state index is -0.229. The van der Waals surface area contributed by atoms with Crippen LogP contribution in [0.5, 0.6) is 0 Å². The Kier molecular flexibility index (Phi) is 7.30. The molecule has 3 aromatic carbocycles. The zero-order chi connectivity index (χ0) is 21.7. The second kappa shape index (κ2) is 9.92. The van der Waals surface area contributed by atoms with E-state index >= 15 is 0 Å². The van der Waals surface area contributed by atoms with Crippen LogP contribution in [0.4, 0.5) is 5.69 Å². The SMILES string of the molecule is CN(C)c1ccc(C(CC(=O)c2ccc(Cl)cc2)CC(=O)c2ccc(Cl)cc2)cc1. The van der Waals surface area contributed by atoms with Gasteiger partial charge in [0, 0.05) is 53.8 Å². The molecule has 0 N–H and O–H groups in total. The van der Waals surface area contributed by atoms with Gasteiger partial charge in [-0.3, -0.25) is 9.59 Å². The molecule has 0 saturated heterocycles. The molecule has 30 heavy (non-hydrogen) atoms. The van der Waals surface area contributed by atoms with E-state index in [9.17, 15) is 9.59 Å². The molecule has 0 aromatic heterocycles. The second-order valence-electron chi connectivity index (χ2n) is 7.45. The highest BCUT2D eigenvalue weighted by molar-refractivity contribution is 6.31. The van der Waals surface area contributed by atoms with Crippen LogP contribution in [0.25, 0.3) is 0 Å². The average Bonchev–Trinajstić information content (AvgIpc) is 2.74. The standard InChI is InChI=1S/C25H23Cl2NO2/c1-28(2)23-13-7-17(8-14-23)20(15-24(29)18-3-9-21(26)10-4-18)16-25(30)19-5-11-22(27)12-6-19/h3-14,20H,15-16H2,1-2H3. The summed E-state index contributed by atoms with van der Waals surface area (Å²) in [5, 5.41) is 1.17. The van der Waals surface area contributed by atoms with Gasteiger partial charge < -0.3 is 4.90 Å². The number of hydrogen-bond donors (Lipinski definition) is 0. The molecular formula is C25H23Cl2NO2. The molecule has 0 fully saturated rings. The van der Waals surface area contributed by atoms with Crippen molar-refractivity contribution in [2.45, 2.75) is 18.8 Å². The number of carbonyl (C=O) groups excluding carboxylic acids is 2. The summed E-state index contributed by atoms with van der Waals surface area (Å²) in [7, 11) is 3.95. The number of hydrogen-bond acceptors (Lipinski definition) is 3. The number of anilines is 1. The lowest BCUT2D eigenvalue weighted by Gasteiger charge is -2.19. The lowest BCUT2D eigenvalue weighted by atomic mass is 9.86. The fraction of sp³-hybridized carbons (Fsp3) is 0.200. The molecule has 3 nitrogen and oxygen atoms in total. The van der Waals surface area contributed by atoms with Crippen LogP contribution in [0.3, 0.4) is 0 Å². The second-order valence-corrected chi connectivity index (χ2v) is 8.32. The molecule has 5 heteroatoms. The summed E-state index contributed by atoms with van der Waals surface area (Å²) in [6.45, 7) is 0. The van der Waals surface area contributed by atoms with Crippen LogP contribution in [0.15, 0.2) is 72.8 Å². The molecule has 0 saturated carbocycles. The van der Waals surface area contributed by atoms with Gasteiger partial charge in [-0.1, -0.05) is 35.3 Å². The maximum atomic E-state index is 12.9. The Hall–Kier alpha value is -2.62. The molecule has 0 aliphatic carbocycles. The maximum Gasteiger partial charge on any atom is 0.163 e. The van der Waals surface area contributed by atoms with Crippen LogP contribution < -0.4 is 4.90 Å². The predicted octanol–water partition coefficient (Wildman–Crippen LogP) is 6.69. The number of nitrogens with zero attached hydrogens (tertiary/aromatic N) is 1. The van der Waals surface area contributed by atoms with Crippen LogP contribution in [-0.2, 0) is 0 Å². The molecule has 0 unspecified atom stereocenters. The van der Waals surface area contributed by atoms with Crippen LogP contribution in [0.1, 0.15) is 45.0 Å².